The summed E-state index contributed by atoms with van der Waals surface area (Å²) < 4.78 is 5.73. The van der Waals surface area contributed by atoms with Crippen LogP contribution in [0.4, 0.5) is 5.69 Å². The molecule has 0 aliphatic heterocycles. The molecule has 4 heteroatoms. The fourth-order valence-corrected chi connectivity index (χ4v) is 1.76. The largest absolute Gasteiger partial charge is 0.456 e. The Kier molecular flexibility index (Phi) is 3.72. The van der Waals surface area contributed by atoms with E-state index in [0.717, 1.165) is 11.4 Å². The molecular weight excluding hydrogens is 248 g/mol. The van der Waals surface area contributed by atoms with Crippen molar-refractivity contribution >= 4 is 17.3 Å². The molecule has 1 heterocycles. The molecule has 0 aliphatic carbocycles. The van der Waals surface area contributed by atoms with Gasteiger partial charge < -0.3 is 10.5 Å². The van der Waals surface area contributed by atoms with Crippen LogP contribution in [0.1, 0.15) is 25.5 Å². The van der Waals surface area contributed by atoms with Crippen molar-refractivity contribution in [3.05, 3.63) is 47.2 Å². The highest BCUT2D eigenvalue weighted by molar-refractivity contribution is 6.32. The highest BCUT2D eigenvalue weighted by atomic mass is 35.5. The van der Waals surface area contributed by atoms with Gasteiger partial charge in [-0.05, 0) is 30.2 Å². The molecule has 0 aliphatic rings. The summed E-state index contributed by atoms with van der Waals surface area (Å²) in [6, 6.07) is 8.90. The Balaban J connectivity index is 2.25. The highest BCUT2D eigenvalue weighted by Crippen LogP contribution is 2.31. The quantitative estimate of drug-likeness (QED) is 0.842. The lowest BCUT2D eigenvalue weighted by Crippen LogP contribution is -1.94. The molecule has 2 aromatic rings. The summed E-state index contributed by atoms with van der Waals surface area (Å²) in [6.45, 7) is 4.17. The first kappa shape index (κ1) is 12.7. The second-order valence-corrected chi connectivity index (χ2v) is 4.77. The smallest absolute Gasteiger partial charge is 0.146 e. The number of nitrogen functional groups attached to an aromatic ring is 1. The third-order valence-electron chi connectivity index (χ3n) is 2.53. The first-order chi connectivity index (χ1) is 8.56. The van der Waals surface area contributed by atoms with Gasteiger partial charge in [0, 0.05) is 23.6 Å². The zero-order valence-corrected chi connectivity index (χ0v) is 11.1. The van der Waals surface area contributed by atoms with E-state index in [2.05, 4.69) is 18.8 Å². The zero-order chi connectivity index (χ0) is 13.1. The highest BCUT2D eigenvalue weighted by Gasteiger charge is 2.06. The minimum Gasteiger partial charge on any atom is -0.456 e. The maximum absolute atomic E-state index is 6.06. The van der Waals surface area contributed by atoms with Crippen LogP contribution in [-0.2, 0) is 0 Å². The van der Waals surface area contributed by atoms with Crippen LogP contribution >= 0.6 is 11.6 Å². The normalized spacial score (nSPS) is 10.7. The number of ether oxygens (including phenoxy) is 1. The number of benzene rings is 1. The summed E-state index contributed by atoms with van der Waals surface area (Å²) in [7, 11) is 0. The van der Waals surface area contributed by atoms with Crippen LogP contribution in [0.25, 0.3) is 0 Å². The Morgan fingerprint density at radius 3 is 2.67 bits per heavy atom. The van der Waals surface area contributed by atoms with Crippen LogP contribution in [0.15, 0.2) is 36.5 Å². The van der Waals surface area contributed by atoms with Gasteiger partial charge in [0.25, 0.3) is 0 Å². The van der Waals surface area contributed by atoms with Crippen LogP contribution in [-0.4, -0.2) is 4.98 Å². The Labute approximate surface area is 112 Å². The van der Waals surface area contributed by atoms with Crippen molar-refractivity contribution in [1.82, 2.24) is 4.98 Å². The van der Waals surface area contributed by atoms with E-state index in [1.54, 1.807) is 30.5 Å². The van der Waals surface area contributed by atoms with E-state index in [-0.39, 0.29) is 0 Å². The number of aromatic nitrogens is 1. The van der Waals surface area contributed by atoms with Gasteiger partial charge >= 0.3 is 0 Å². The molecule has 1 aromatic heterocycles. The molecule has 2 rings (SSSR count). The Morgan fingerprint density at radius 2 is 2.00 bits per heavy atom. The summed E-state index contributed by atoms with van der Waals surface area (Å²) in [4.78, 5) is 4.28. The van der Waals surface area contributed by atoms with Crippen molar-refractivity contribution in [2.75, 3.05) is 5.73 Å². The summed E-state index contributed by atoms with van der Waals surface area (Å²) in [5.74, 6) is 1.67. The standard InChI is InChI=1S/C14H15ClN2O/c1-9(2)13-8-11(5-6-17-13)18-14-4-3-10(16)7-12(14)15/h3-9H,16H2,1-2H3. The maximum atomic E-state index is 6.06. The molecule has 1 aromatic carbocycles. The summed E-state index contributed by atoms with van der Waals surface area (Å²) in [5.41, 5.74) is 7.24. The van der Waals surface area contributed by atoms with Crippen LogP contribution in [0, 0.1) is 0 Å². The average Bonchev–Trinajstić information content (AvgIpc) is 2.33. The van der Waals surface area contributed by atoms with E-state index < -0.39 is 0 Å². The van der Waals surface area contributed by atoms with Crippen molar-refractivity contribution in [2.24, 2.45) is 0 Å². The third-order valence-corrected chi connectivity index (χ3v) is 2.82. The summed E-state index contributed by atoms with van der Waals surface area (Å²) >= 11 is 6.06. The molecule has 0 bridgehead atoms. The van der Waals surface area contributed by atoms with E-state index in [1.165, 1.54) is 0 Å². The number of hydrogen-bond donors (Lipinski definition) is 1. The number of pyridine rings is 1. The van der Waals surface area contributed by atoms with Crippen molar-refractivity contribution in [2.45, 2.75) is 19.8 Å². The van der Waals surface area contributed by atoms with E-state index in [4.69, 9.17) is 22.1 Å². The molecule has 0 atom stereocenters. The fourth-order valence-electron chi connectivity index (χ4n) is 1.53. The topological polar surface area (TPSA) is 48.1 Å². The molecular formula is C14H15ClN2O. The molecule has 0 radical (unpaired) electrons. The first-order valence-electron chi connectivity index (χ1n) is 5.75. The van der Waals surface area contributed by atoms with Gasteiger partial charge in [-0.1, -0.05) is 25.4 Å². The minimum atomic E-state index is 0.357. The van der Waals surface area contributed by atoms with E-state index in [1.807, 2.05) is 6.07 Å². The molecule has 0 saturated heterocycles. The molecule has 0 fully saturated rings. The Morgan fingerprint density at radius 1 is 1.22 bits per heavy atom. The van der Waals surface area contributed by atoms with Crippen molar-refractivity contribution in [3.63, 3.8) is 0 Å². The molecule has 94 valence electrons. The van der Waals surface area contributed by atoms with Crippen molar-refractivity contribution in [1.29, 1.82) is 0 Å². The van der Waals surface area contributed by atoms with Gasteiger partial charge in [0.05, 0.1) is 5.02 Å². The molecule has 3 nitrogen and oxygen atoms in total. The molecule has 0 unspecified atom stereocenters. The van der Waals surface area contributed by atoms with Gasteiger partial charge in [0.2, 0.25) is 0 Å². The van der Waals surface area contributed by atoms with Gasteiger partial charge in [0.15, 0.2) is 0 Å². The fraction of sp³-hybridized carbons (Fsp3) is 0.214. The van der Waals surface area contributed by atoms with Crippen LogP contribution in [0.5, 0.6) is 11.5 Å². The van der Waals surface area contributed by atoms with Crippen molar-refractivity contribution in [3.8, 4) is 11.5 Å². The van der Waals surface area contributed by atoms with Crippen LogP contribution in [0.2, 0.25) is 5.02 Å². The number of rotatable bonds is 3. The van der Waals surface area contributed by atoms with E-state index in [0.29, 0.717) is 22.4 Å². The molecule has 0 saturated carbocycles. The number of nitrogens with zero attached hydrogens (tertiary/aromatic N) is 1. The molecule has 2 N–H and O–H groups in total. The Hall–Kier alpha value is -1.74. The SMILES string of the molecule is CC(C)c1cc(Oc2ccc(N)cc2Cl)ccn1. The number of halogens is 1. The monoisotopic (exact) mass is 262 g/mol. The minimum absolute atomic E-state index is 0.357. The van der Waals surface area contributed by atoms with Crippen LogP contribution in [0.3, 0.4) is 0 Å². The number of anilines is 1. The molecule has 0 spiro atoms. The number of nitrogens with two attached hydrogens (primary N) is 1. The second-order valence-electron chi connectivity index (χ2n) is 4.36. The average molecular weight is 263 g/mol. The van der Waals surface area contributed by atoms with E-state index in [9.17, 15) is 0 Å². The van der Waals surface area contributed by atoms with Gasteiger partial charge in [-0.15, -0.1) is 0 Å². The second kappa shape index (κ2) is 5.27. The summed E-state index contributed by atoms with van der Waals surface area (Å²) in [6.07, 6.45) is 1.73. The lowest BCUT2D eigenvalue weighted by Gasteiger charge is -2.10. The lowest BCUT2D eigenvalue weighted by atomic mass is 10.1. The van der Waals surface area contributed by atoms with Crippen LogP contribution < -0.4 is 10.5 Å². The maximum Gasteiger partial charge on any atom is 0.146 e. The molecule has 18 heavy (non-hydrogen) atoms. The van der Waals surface area contributed by atoms with E-state index >= 15 is 0 Å². The number of hydrogen-bond acceptors (Lipinski definition) is 3. The predicted molar refractivity (Wildman–Crippen MR) is 74.3 cm³/mol. The third kappa shape index (κ3) is 2.93. The van der Waals surface area contributed by atoms with Crippen molar-refractivity contribution < 1.29 is 4.74 Å². The molecule has 0 amide bonds. The van der Waals surface area contributed by atoms with Gasteiger partial charge in [-0.2, -0.15) is 0 Å². The predicted octanol–water partition coefficient (Wildman–Crippen LogP) is 4.23. The Bertz CT molecular complexity index is 555. The van der Waals surface area contributed by atoms with Gasteiger partial charge in [0.1, 0.15) is 11.5 Å². The lowest BCUT2D eigenvalue weighted by molar-refractivity contribution is 0.480. The van der Waals surface area contributed by atoms with Gasteiger partial charge in [-0.3, -0.25) is 4.98 Å². The van der Waals surface area contributed by atoms with Gasteiger partial charge in [-0.25, -0.2) is 0 Å². The summed E-state index contributed by atoms with van der Waals surface area (Å²) in [5, 5.41) is 0.498. The zero-order valence-electron chi connectivity index (χ0n) is 10.4. The first-order valence-corrected chi connectivity index (χ1v) is 6.13.